The Morgan fingerprint density at radius 3 is 1.19 bits per heavy atom. The topological polar surface area (TPSA) is 186 Å². The standard InChI is InChI=1S/C18H34N4O9.Ca.2H/c23-12-14(15(25)13-24)22-7-5-20(10-17(28)29)3-1-19(9-16(26)27)2-4-21(6-8-22)11-18(30)31;;;/h14-15,23-25H,1-13H2,(H,26,27)(H,28,29)(H,30,31);;;/t14-,15-;;;/m1.../s1. The fraction of sp³-hybridized carbons (Fsp3) is 0.833. The van der Waals surface area contributed by atoms with Gasteiger partial charge in [-0.25, -0.2) is 0 Å². The van der Waals surface area contributed by atoms with E-state index in [0.717, 1.165) is 0 Å². The third kappa shape index (κ3) is 12.6. The number of aliphatic hydroxyl groups excluding tert-OH is 3. The normalized spacial score (nSPS) is 20.3. The van der Waals surface area contributed by atoms with E-state index >= 15 is 0 Å². The first-order valence-electron chi connectivity index (χ1n) is 10.1. The summed E-state index contributed by atoms with van der Waals surface area (Å²) < 4.78 is 0. The van der Waals surface area contributed by atoms with E-state index in [1.54, 1.807) is 19.6 Å². The maximum atomic E-state index is 11.2. The van der Waals surface area contributed by atoms with Gasteiger partial charge in [-0.15, -0.1) is 0 Å². The molecule has 0 aromatic carbocycles. The van der Waals surface area contributed by atoms with Crippen molar-refractivity contribution in [3.05, 3.63) is 0 Å². The van der Waals surface area contributed by atoms with Crippen molar-refractivity contribution in [3.8, 4) is 0 Å². The summed E-state index contributed by atoms with van der Waals surface area (Å²) in [4.78, 5) is 40.3. The van der Waals surface area contributed by atoms with Crippen molar-refractivity contribution in [2.75, 3.05) is 85.2 Å². The van der Waals surface area contributed by atoms with Gasteiger partial charge in [0.25, 0.3) is 0 Å². The second kappa shape index (κ2) is 16.9. The predicted octanol–water partition coefficient (Wildman–Crippen LogP) is -4.74. The first-order chi connectivity index (χ1) is 14.7. The Kier molecular flexibility index (Phi) is 16.6. The molecule has 0 saturated carbocycles. The number of aliphatic hydroxyl groups is 3. The van der Waals surface area contributed by atoms with Gasteiger partial charge in [-0.3, -0.25) is 34.0 Å². The molecule has 1 fully saturated rings. The average Bonchev–Trinajstić information content (AvgIpc) is 2.68. The summed E-state index contributed by atoms with van der Waals surface area (Å²) in [6.45, 7) is 0.396. The van der Waals surface area contributed by atoms with Crippen LogP contribution >= 0.6 is 0 Å². The zero-order valence-electron chi connectivity index (χ0n) is 17.5. The van der Waals surface area contributed by atoms with Crippen LogP contribution in [0.1, 0.15) is 0 Å². The molecule has 0 aliphatic carbocycles. The van der Waals surface area contributed by atoms with E-state index in [9.17, 15) is 39.9 Å². The van der Waals surface area contributed by atoms with Crippen LogP contribution in [0.2, 0.25) is 0 Å². The Balaban J connectivity index is 0.00000961. The first kappa shape index (κ1) is 31.4. The van der Waals surface area contributed by atoms with E-state index in [1.807, 2.05) is 0 Å². The predicted molar refractivity (Wildman–Crippen MR) is 116 cm³/mol. The zero-order chi connectivity index (χ0) is 23.4. The van der Waals surface area contributed by atoms with E-state index < -0.39 is 43.3 Å². The molecule has 0 spiro atoms. The van der Waals surface area contributed by atoms with E-state index in [4.69, 9.17) is 5.11 Å². The molecule has 0 radical (unpaired) electrons. The Labute approximate surface area is 216 Å². The molecular weight excluding hydrogens is 456 g/mol. The van der Waals surface area contributed by atoms with E-state index in [2.05, 4.69) is 0 Å². The minimum absolute atomic E-state index is 0. The number of carboxylic acids is 3. The molecule has 13 nitrogen and oxygen atoms in total. The van der Waals surface area contributed by atoms with Crippen LogP contribution in [-0.4, -0.2) is 203 Å². The third-order valence-corrected chi connectivity index (χ3v) is 5.24. The van der Waals surface area contributed by atoms with Crippen LogP contribution in [0, 0.1) is 0 Å². The minimum atomic E-state index is -1.22. The van der Waals surface area contributed by atoms with Crippen LogP contribution in [0.4, 0.5) is 0 Å². The average molecular weight is 493 g/mol. The maximum absolute atomic E-state index is 11.2. The van der Waals surface area contributed by atoms with Crippen LogP contribution in [0.25, 0.3) is 0 Å². The van der Waals surface area contributed by atoms with E-state index in [1.165, 1.54) is 0 Å². The number of carboxylic acid groups (broad SMARTS) is 3. The van der Waals surface area contributed by atoms with Crippen LogP contribution in [0.3, 0.4) is 0 Å². The molecule has 2 atom stereocenters. The third-order valence-electron chi connectivity index (χ3n) is 5.24. The van der Waals surface area contributed by atoms with Gasteiger partial charge in [-0.2, -0.15) is 0 Å². The molecule has 6 N–H and O–H groups in total. The Hall–Kier alpha value is -0.610. The van der Waals surface area contributed by atoms with E-state index in [-0.39, 0.29) is 110 Å². The first-order valence-corrected chi connectivity index (χ1v) is 10.1. The van der Waals surface area contributed by atoms with Gasteiger partial charge < -0.3 is 30.6 Å². The Bertz CT molecular complexity index is 555. The zero-order valence-corrected chi connectivity index (χ0v) is 17.5. The van der Waals surface area contributed by atoms with Crippen molar-refractivity contribution >= 4 is 55.6 Å². The monoisotopic (exact) mass is 492 g/mol. The van der Waals surface area contributed by atoms with Crippen molar-refractivity contribution in [1.29, 1.82) is 0 Å². The summed E-state index contributed by atoms with van der Waals surface area (Å²) in [6, 6.07) is -0.796. The summed E-state index contributed by atoms with van der Waals surface area (Å²) in [5.41, 5.74) is 0. The van der Waals surface area contributed by atoms with Crippen molar-refractivity contribution < 1.29 is 45.0 Å². The van der Waals surface area contributed by atoms with Gasteiger partial charge in [0.2, 0.25) is 0 Å². The van der Waals surface area contributed by atoms with Gasteiger partial charge in [0.1, 0.15) is 0 Å². The fourth-order valence-corrected chi connectivity index (χ4v) is 3.53. The Morgan fingerprint density at radius 1 is 0.625 bits per heavy atom. The second-order valence-electron chi connectivity index (χ2n) is 7.55. The number of nitrogens with zero attached hydrogens (tertiary/aromatic N) is 4. The molecule has 0 bridgehead atoms. The van der Waals surface area contributed by atoms with Gasteiger partial charge in [-0.05, 0) is 0 Å². The van der Waals surface area contributed by atoms with Crippen LogP contribution in [0.5, 0.6) is 0 Å². The molecule has 1 rings (SSSR count). The second-order valence-corrected chi connectivity index (χ2v) is 7.55. The fourth-order valence-electron chi connectivity index (χ4n) is 3.53. The molecule has 1 aliphatic rings. The number of rotatable bonds is 10. The van der Waals surface area contributed by atoms with Crippen LogP contribution < -0.4 is 0 Å². The van der Waals surface area contributed by atoms with Gasteiger partial charge in [0.05, 0.1) is 45.0 Å². The molecule has 1 aliphatic heterocycles. The van der Waals surface area contributed by atoms with Crippen molar-refractivity contribution in [2.45, 2.75) is 12.1 Å². The molecule has 1 saturated heterocycles. The quantitative estimate of drug-likeness (QED) is 0.160. The molecule has 14 heteroatoms. The summed E-state index contributed by atoms with van der Waals surface area (Å²) in [7, 11) is 0. The summed E-state index contributed by atoms with van der Waals surface area (Å²) in [6.07, 6.45) is -1.22. The number of aliphatic carboxylic acids is 3. The van der Waals surface area contributed by atoms with Crippen LogP contribution in [-0.2, 0) is 14.4 Å². The molecule has 184 valence electrons. The SMILES string of the molecule is O=C(O)CN1CCN(CC(=O)O)CCN([C@H](CO)[C@H](O)CO)CCN(CC(=O)O)CC1.[CaH2]. The molecule has 0 amide bonds. The molecule has 0 unspecified atom stereocenters. The van der Waals surface area contributed by atoms with Gasteiger partial charge in [0, 0.05) is 52.4 Å². The molecule has 0 aromatic heterocycles. The van der Waals surface area contributed by atoms with Gasteiger partial charge in [-0.1, -0.05) is 0 Å². The van der Waals surface area contributed by atoms with Gasteiger partial charge in [0.15, 0.2) is 0 Å². The summed E-state index contributed by atoms with van der Waals surface area (Å²) >= 11 is 0. The molecule has 1 heterocycles. The number of hydrogen-bond acceptors (Lipinski definition) is 10. The Morgan fingerprint density at radius 2 is 0.938 bits per heavy atom. The summed E-state index contributed by atoms with van der Waals surface area (Å²) in [5.74, 6) is -3.10. The molecular formula is C18H36CaN4O9. The van der Waals surface area contributed by atoms with Crippen LogP contribution in [0.15, 0.2) is 0 Å². The van der Waals surface area contributed by atoms with Crippen molar-refractivity contribution in [3.63, 3.8) is 0 Å². The van der Waals surface area contributed by atoms with Gasteiger partial charge >= 0.3 is 55.6 Å². The molecule has 0 aromatic rings. The molecule has 32 heavy (non-hydrogen) atoms. The van der Waals surface area contributed by atoms with Crippen molar-refractivity contribution in [2.24, 2.45) is 0 Å². The summed E-state index contributed by atoms with van der Waals surface area (Å²) in [5, 5.41) is 56.6. The van der Waals surface area contributed by atoms with Crippen molar-refractivity contribution in [1.82, 2.24) is 19.6 Å². The van der Waals surface area contributed by atoms with E-state index in [0.29, 0.717) is 0 Å². The number of hydrogen-bond donors (Lipinski definition) is 6. The number of carbonyl (C=O) groups is 3.